The third-order valence-electron chi connectivity index (χ3n) is 4.51. The van der Waals surface area contributed by atoms with E-state index in [2.05, 4.69) is 10.2 Å². The number of amides is 1. The number of nitrogens with zero attached hydrogens (tertiary/aromatic N) is 1. The maximum absolute atomic E-state index is 12.1. The summed E-state index contributed by atoms with van der Waals surface area (Å²) in [5.41, 5.74) is 0. The number of hydrogen-bond donors (Lipinski definition) is 1. The van der Waals surface area contributed by atoms with Crippen LogP contribution in [-0.4, -0.2) is 49.7 Å². The summed E-state index contributed by atoms with van der Waals surface area (Å²) in [5.74, 6) is 1.26. The van der Waals surface area contributed by atoms with Crippen molar-refractivity contribution in [2.45, 2.75) is 38.1 Å². The Morgan fingerprint density at radius 1 is 1.28 bits per heavy atom. The summed E-state index contributed by atoms with van der Waals surface area (Å²) < 4.78 is 5.45. The van der Waals surface area contributed by atoms with Gasteiger partial charge in [0.1, 0.15) is 0 Å². The van der Waals surface area contributed by atoms with E-state index in [-0.39, 0.29) is 11.8 Å². The zero-order valence-electron chi connectivity index (χ0n) is 11.1. The van der Waals surface area contributed by atoms with Crippen LogP contribution in [0.25, 0.3) is 0 Å². The van der Waals surface area contributed by atoms with Crippen molar-refractivity contribution in [3.8, 4) is 0 Å². The van der Waals surface area contributed by atoms with Crippen molar-refractivity contribution in [1.29, 1.82) is 0 Å². The van der Waals surface area contributed by atoms with Gasteiger partial charge in [-0.2, -0.15) is 0 Å². The normalized spacial score (nSPS) is 33.6. The lowest BCUT2D eigenvalue weighted by molar-refractivity contribution is -0.127. The summed E-state index contributed by atoms with van der Waals surface area (Å²) >= 11 is 0. The van der Waals surface area contributed by atoms with Crippen molar-refractivity contribution in [3.63, 3.8) is 0 Å². The van der Waals surface area contributed by atoms with E-state index >= 15 is 0 Å². The lowest BCUT2D eigenvalue weighted by atomic mass is 9.95. The lowest BCUT2D eigenvalue weighted by Crippen LogP contribution is -2.47. The van der Waals surface area contributed by atoms with Crippen molar-refractivity contribution >= 4 is 5.91 Å². The van der Waals surface area contributed by atoms with E-state index in [1.165, 1.54) is 12.8 Å². The van der Waals surface area contributed by atoms with Crippen LogP contribution in [0.3, 0.4) is 0 Å². The van der Waals surface area contributed by atoms with Gasteiger partial charge in [-0.1, -0.05) is 0 Å². The average Bonchev–Trinajstić information content (AvgIpc) is 3.08. The number of ether oxygens (including phenoxy) is 1. The maximum atomic E-state index is 12.1. The minimum absolute atomic E-state index is 0.207. The van der Waals surface area contributed by atoms with Gasteiger partial charge < -0.3 is 10.1 Å². The van der Waals surface area contributed by atoms with Gasteiger partial charge in [-0.05, 0) is 44.6 Å². The van der Waals surface area contributed by atoms with Crippen molar-refractivity contribution < 1.29 is 9.53 Å². The molecule has 2 aliphatic heterocycles. The molecule has 2 saturated heterocycles. The molecule has 4 nitrogen and oxygen atoms in total. The van der Waals surface area contributed by atoms with Gasteiger partial charge in [0.2, 0.25) is 5.91 Å². The number of carbonyl (C=O) groups is 1. The molecule has 3 rings (SSSR count). The second kappa shape index (κ2) is 5.57. The molecular formula is C14H24N2O2. The summed E-state index contributed by atoms with van der Waals surface area (Å²) in [4.78, 5) is 14.6. The molecule has 0 unspecified atom stereocenters. The largest absolute Gasteiger partial charge is 0.380 e. The van der Waals surface area contributed by atoms with Gasteiger partial charge in [0.05, 0.1) is 12.5 Å². The second-order valence-electron chi connectivity index (χ2n) is 6.04. The third-order valence-corrected chi connectivity index (χ3v) is 4.51. The van der Waals surface area contributed by atoms with Crippen molar-refractivity contribution in [3.05, 3.63) is 0 Å². The predicted molar refractivity (Wildman–Crippen MR) is 69.3 cm³/mol. The van der Waals surface area contributed by atoms with Crippen LogP contribution in [0.2, 0.25) is 0 Å². The Labute approximate surface area is 109 Å². The highest BCUT2D eigenvalue weighted by Crippen LogP contribution is 2.28. The van der Waals surface area contributed by atoms with Crippen LogP contribution >= 0.6 is 0 Å². The molecule has 0 aromatic heterocycles. The van der Waals surface area contributed by atoms with Crippen molar-refractivity contribution in [2.75, 3.05) is 32.8 Å². The van der Waals surface area contributed by atoms with Crippen LogP contribution in [0.4, 0.5) is 0 Å². The van der Waals surface area contributed by atoms with E-state index in [1.54, 1.807) is 0 Å². The minimum atomic E-state index is 0.207. The van der Waals surface area contributed by atoms with Gasteiger partial charge >= 0.3 is 0 Å². The molecule has 0 aromatic rings. The molecule has 18 heavy (non-hydrogen) atoms. The Bertz CT molecular complexity index is 298. The average molecular weight is 252 g/mol. The number of hydrogen-bond acceptors (Lipinski definition) is 3. The molecule has 1 N–H and O–H groups in total. The van der Waals surface area contributed by atoms with E-state index in [9.17, 15) is 4.79 Å². The molecule has 102 valence electrons. The van der Waals surface area contributed by atoms with Crippen LogP contribution in [0.5, 0.6) is 0 Å². The van der Waals surface area contributed by atoms with Crippen LogP contribution in [0.15, 0.2) is 0 Å². The fraction of sp³-hybridized carbons (Fsp3) is 0.929. The fourth-order valence-electron chi connectivity index (χ4n) is 3.07. The summed E-state index contributed by atoms with van der Waals surface area (Å²) in [6.07, 6.45) is 5.95. The van der Waals surface area contributed by atoms with E-state index in [0.717, 1.165) is 58.0 Å². The lowest BCUT2D eigenvalue weighted by Gasteiger charge is -2.35. The number of carbonyl (C=O) groups excluding carboxylic acids is 1. The summed E-state index contributed by atoms with van der Waals surface area (Å²) in [5, 5.41) is 3.13. The fourth-order valence-corrected chi connectivity index (χ4v) is 3.07. The first-order valence-corrected chi connectivity index (χ1v) is 7.42. The quantitative estimate of drug-likeness (QED) is 0.812. The first-order valence-electron chi connectivity index (χ1n) is 7.42. The van der Waals surface area contributed by atoms with Gasteiger partial charge in [-0.15, -0.1) is 0 Å². The first kappa shape index (κ1) is 12.4. The highest BCUT2D eigenvalue weighted by atomic mass is 16.5. The standard InChI is InChI=1S/C14H24N2O2/c17-14(15-8-11-3-4-11)12-2-1-6-16(9-12)13-5-7-18-10-13/h11-13H,1-10H2,(H,15,17)/t12-,13+/m0/s1. The molecule has 1 amide bonds. The Morgan fingerprint density at radius 2 is 2.17 bits per heavy atom. The number of nitrogens with one attached hydrogen (secondary N) is 1. The molecule has 2 atom stereocenters. The number of likely N-dealkylation sites (tertiary alicyclic amines) is 1. The zero-order chi connectivity index (χ0) is 12.4. The van der Waals surface area contributed by atoms with Crippen LogP contribution in [-0.2, 0) is 9.53 Å². The van der Waals surface area contributed by atoms with Crippen LogP contribution in [0.1, 0.15) is 32.1 Å². The molecule has 0 spiro atoms. The van der Waals surface area contributed by atoms with E-state index in [1.807, 2.05) is 0 Å². The second-order valence-corrected chi connectivity index (χ2v) is 6.04. The summed E-state index contributed by atoms with van der Waals surface area (Å²) in [7, 11) is 0. The Kier molecular flexibility index (Phi) is 3.85. The van der Waals surface area contributed by atoms with Gasteiger partial charge in [-0.3, -0.25) is 9.69 Å². The molecular weight excluding hydrogens is 228 g/mol. The monoisotopic (exact) mass is 252 g/mol. The Morgan fingerprint density at radius 3 is 2.89 bits per heavy atom. The molecule has 1 aliphatic carbocycles. The van der Waals surface area contributed by atoms with Gasteiger partial charge in [0, 0.05) is 25.7 Å². The van der Waals surface area contributed by atoms with E-state index in [4.69, 9.17) is 4.74 Å². The van der Waals surface area contributed by atoms with Crippen molar-refractivity contribution in [2.24, 2.45) is 11.8 Å². The molecule has 3 fully saturated rings. The summed E-state index contributed by atoms with van der Waals surface area (Å²) in [6.45, 7) is 4.73. The number of piperidine rings is 1. The zero-order valence-corrected chi connectivity index (χ0v) is 11.1. The highest BCUT2D eigenvalue weighted by Gasteiger charge is 2.32. The molecule has 0 bridgehead atoms. The first-order chi connectivity index (χ1) is 8.83. The van der Waals surface area contributed by atoms with Crippen molar-refractivity contribution in [1.82, 2.24) is 10.2 Å². The highest BCUT2D eigenvalue weighted by molar-refractivity contribution is 5.79. The van der Waals surface area contributed by atoms with Gasteiger partial charge in [-0.25, -0.2) is 0 Å². The van der Waals surface area contributed by atoms with E-state index < -0.39 is 0 Å². The van der Waals surface area contributed by atoms with Crippen LogP contribution < -0.4 is 5.32 Å². The molecule has 2 heterocycles. The Hall–Kier alpha value is -0.610. The summed E-state index contributed by atoms with van der Waals surface area (Å²) in [6, 6.07) is 0.559. The smallest absolute Gasteiger partial charge is 0.224 e. The predicted octanol–water partition coefficient (Wildman–Crippen LogP) is 1.01. The van der Waals surface area contributed by atoms with Gasteiger partial charge in [0.25, 0.3) is 0 Å². The molecule has 0 aromatic carbocycles. The SMILES string of the molecule is O=C(NCC1CC1)[C@H]1CCCN([C@@H]2CCOC2)C1. The van der Waals surface area contributed by atoms with Crippen LogP contribution in [0, 0.1) is 11.8 Å². The van der Waals surface area contributed by atoms with E-state index in [0.29, 0.717) is 6.04 Å². The topological polar surface area (TPSA) is 41.6 Å². The maximum Gasteiger partial charge on any atom is 0.224 e. The minimum Gasteiger partial charge on any atom is -0.380 e. The molecule has 3 aliphatic rings. The molecule has 4 heteroatoms. The number of rotatable bonds is 4. The molecule has 1 saturated carbocycles. The van der Waals surface area contributed by atoms with Gasteiger partial charge in [0.15, 0.2) is 0 Å². The third kappa shape index (κ3) is 3.04. The molecule has 0 radical (unpaired) electrons. The Balaban J connectivity index is 1.47.